The van der Waals surface area contributed by atoms with Crippen molar-refractivity contribution in [2.24, 2.45) is 0 Å². The third-order valence-corrected chi connectivity index (χ3v) is 5.36. The largest absolute Gasteiger partial charge is 0.394 e. The maximum absolute atomic E-state index is 12.5. The van der Waals surface area contributed by atoms with E-state index < -0.39 is 6.10 Å². The van der Waals surface area contributed by atoms with E-state index in [0.717, 1.165) is 12.8 Å². The molecule has 3 atom stereocenters. The molecule has 2 aliphatic rings. The molecule has 0 spiro atoms. The van der Waals surface area contributed by atoms with Gasteiger partial charge in [0, 0.05) is 12.1 Å². The van der Waals surface area contributed by atoms with E-state index in [0.29, 0.717) is 12.8 Å². The lowest BCUT2D eigenvalue weighted by Gasteiger charge is -2.36. The van der Waals surface area contributed by atoms with E-state index in [4.69, 9.17) is 4.74 Å². The van der Waals surface area contributed by atoms with Crippen molar-refractivity contribution in [2.45, 2.75) is 76.3 Å². The molecule has 3 rings (SSSR count). The Balaban J connectivity index is 1.44. The Bertz CT molecular complexity index is 669. The van der Waals surface area contributed by atoms with Gasteiger partial charge in [0.1, 0.15) is 6.10 Å². The number of carbonyl (C=O) groups excluding carboxylic acids is 2. The summed E-state index contributed by atoms with van der Waals surface area (Å²) in [6.45, 7) is 3.58. The molecule has 3 amide bonds. The number of ether oxygens (including phenoxy) is 1. The molecule has 1 fully saturated rings. The molecule has 7 heteroatoms. The Kier molecular flexibility index (Phi) is 6.91. The van der Waals surface area contributed by atoms with Gasteiger partial charge in [0.15, 0.2) is 0 Å². The van der Waals surface area contributed by atoms with Crippen molar-refractivity contribution in [2.75, 3.05) is 6.61 Å². The molecule has 0 unspecified atom stereocenters. The number of benzene rings is 1. The number of hydrogen-bond donors (Lipinski definition) is 4. The second kappa shape index (κ2) is 9.39. The molecule has 7 nitrogen and oxygen atoms in total. The van der Waals surface area contributed by atoms with Gasteiger partial charge in [-0.05, 0) is 50.7 Å². The van der Waals surface area contributed by atoms with Crippen LogP contribution in [0.1, 0.15) is 44.2 Å². The Morgan fingerprint density at radius 2 is 1.82 bits per heavy atom. The first-order chi connectivity index (χ1) is 13.4. The highest BCUT2D eigenvalue weighted by atomic mass is 16.5. The summed E-state index contributed by atoms with van der Waals surface area (Å²) >= 11 is 0. The minimum absolute atomic E-state index is 0.0246. The van der Waals surface area contributed by atoms with Gasteiger partial charge in [0.05, 0.1) is 25.2 Å². The van der Waals surface area contributed by atoms with Crippen LogP contribution in [0, 0.1) is 0 Å². The Hall–Kier alpha value is -2.12. The number of carbonyl (C=O) groups is 2. The molecule has 1 aromatic rings. The van der Waals surface area contributed by atoms with E-state index in [1.807, 2.05) is 26.0 Å². The summed E-state index contributed by atoms with van der Waals surface area (Å²) in [6.07, 6.45) is 2.60. The number of aliphatic hydroxyl groups is 1. The standard InChI is InChI=1S/C21H31N3O4/c1-13(2)22-21(27)24-18-8-7-17(28-19(18)12-25)11-20(26)23-16-9-14-5-3-4-6-15(14)10-16/h3-6,13,16-19,25H,7-12H2,1-2H3,(H,23,26)(H2,22,24,27)/t17-,18+,19+/m0/s1. The van der Waals surface area contributed by atoms with Crippen molar-refractivity contribution in [3.8, 4) is 0 Å². The zero-order valence-corrected chi connectivity index (χ0v) is 16.6. The number of nitrogens with one attached hydrogen (secondary N) is 3. The summed E-state index contributed by atoms with van der Waals surface area (Å²) in [5, 5.41) is 18.4. The van der Waals surface area contributed by atoms with Gasteiger partial charge in [-0.25, -0.2) is 4.79 Å². The first-order valence-corrected chi connectivity index (χ1v) is 10.1. The van der Waals surface area contributed by atoms with Crippen LogP contribution >= 0.6 is 0 Å². The normalized spacial score (nSPS) is 24.6. The third kappa shape index (κ3) is 5.45. The predicted molar refractivity (Wildman–Crippen MR) is 106 cm³/mol. The van der Waals surface area contributed by atoms with Crippen molar-refractivity contribution in [3.63, 3.8) is 0 Å². The van der Waals surface area contributed by atoms with Gasteiger partial charge in [0.25, 0.3) is 0 Å². The van der Waals surface area contributed by atoms with Crippen LogP contribution in [0.3, 0.4) is 0 Å². The predicted octanol–water partition coefficient (Wildman–Crippen LogP) is 1.28. The van der Waals surface area contributed by atoms with Crippen LogP contribution in [-0.4, -0.2) is 54.0 Å². The second-order valence-electron chi connectivity index (χ2n) is 8.08. The van der Waals surface area contributed by atoms with E-state index >= 15 is 0 Å². The Morgan fingerprint density at radius 1 is 1.14 bits per heavy atom. The van der Waals surface area contributed by atoms with E-state index in [2.05, 4.69) is 28.1 Å². The molecule has 28 heavy (non-hydrogen) atoms. The van der Waals surface area contributed by atoms with Crippen molar-refractivity contribution >= 4 is 11.9 Å². The summed E-state index contributed by atoms with van der Waals surface area (Å²) in [5.41, 5.74) is 2.60. The molecular formula is C21H31N3O4. The Morgan fingerprint density at radius 3 is 2.43 bits per heavy atom. The molecule has 1 saturated heterocycles. The fraction of sp³-hybridized carbons (Fsp3) is 0.619. The highest BCUT2D eigenvalue weighted by Crippen LogP contribution is 2.24. The van der Waals surface area contributed by atoms with Crippen LogP contribution in [0.15, 0.2) is 24.3 Å². The molecule has 0 radical (unpaired) electrons. The van der Waals surface area contributed by atoms with Crippen molar-refractivity contribution in [1.29, 1.82) is 0 Å². The number of hydrogen-bond acceptors (Lipinski definition) is 4. The minimum Gasteiger partial charge on any atom is -0.394 e. The van der Waals surface area contributed by atoms with Crippen molar-refractivity contribution in [3.05, 3.63) is 35.4 Å². The highest BCUT2D eigenvalue weighted by Gasteiger charge is 2.33. The fourth-order valence-electron chi connectivity index (χ4n) is 4.07. The van der Waals surface area contributed by atoms with Crippen LogP contribution < -0.4 is 16.0 Å². The van der Waals surface area contributed by atoms with Crippen LogP contribution in [0.25, 0.3) is 0 Å². The maximum Gasteiger partial charge on any atom is 0.315 e. The van der Waals surface area contributed by atoms with Gasteiger partial charge in [-0.2, -0.15) is 0 Å². The molecule has 1 heterocycles. The van der Waals surface area contributed by atoms with Gasteiger partial charge in [-0.3, -0.25) is 4.79 Å². The molecule has 0 aromatic heterocycles. The third-order valence-electron chi connectivity index (χ3n) is 5.36. The van der Waals surface area contributed by atoms with Gasteiger partial charge in [-0.1, -0.05) is 24.3 Å². The van der Waals surface area contributed by atoms with Gasteiger partial charge >= 0.3 is 6.03 Å². The monoisotopic (exact) mass is 389 g/mol. The molecule has 154 valence electrons. The lowest BCUT2D eigenvalue weighted by atomic mass is 9.97. The zero-order valence-electron chi connectivity index (χ0n) is 16.6. The summed E-state index contributed by atoms with van der Waals surface area (Å²) in [7, 11) is 0. The average Bonchev–Trinajstić information content (AvgIpc) is 3.04. The lowest BCUT2D eigenvalue weighted by molar-refractivity contribution is -0.131. The molecule has 0 saturated carbocycles. The second-order valence-corrected chi connectivity index (χ2v) is 8.08. The summed E-state index contributed by atoms with van der Waals surface area (Å²) in [5.74, 6) is -0.0246. The molecule has 1 aliphatic carbocycles. The topological polar surface area (TPSA) is 99.7 Å². The zero-order chi connectivity index (χ0) is 20.1. The van der Waals surface area contributed by atoms with Crippen LogP contribution in [0.4, 0.5) is 4.79 Å². The van der Waals surface area contributed by atoms with Crippen LogP contribution in [0.5, 0.6) is 0 Å². The summed E-state index contributed by atoms with van der Waals surface area (Å²) in [6, 6.07) is 7.93. The number of amides is 3. The quantitative estimate of drug-likeness (QED) is 0.589. The number of rotatable bonds is 6. The van der Waals surface area contributed by atoms with E-state index in [-0.39, 0.29) is 49.2 Å². The summed E-state index contributed by atoms with van der Waals surface area (Å²) < 4.78 is 5.90. The molecule has 1 aliphatic heterocycles. The van der Waals surface area contributed by atoms with E-state index in [1.54, 1.807) is 0 Å². The minimum atomic E-state index is -0.500. The van der Waals surface area contributed by atoms with Crippen molar-refractivity contribution < 1.29 is 19.4 Å². The molecule has 0 bridgehead atoms. The smallest absolute Gasteiger partial charge is 0.315 e. The highest BCUT2D eigenvalue weighted by molar-refractivity contribution is 5.77. The lowest BCUT2D eigenvalue weighted by Crippen LogP contribution is -2.54. The van der Waals surface area contributed by atoms with Crippen LogP contribution in [-0.2, 0) is 22.4 Å². The number of fused-ring (bicyclic) bond motifs is 1. The van der Waals surface area contributed by atoms with Gasteiger partial charge < -0.3 is 25.8 Å². The first-order valence-electron chi connectivity index (χ1n) is 10.1. The van der Waals surface area contributed by atoms with Crippen molar-refractivity contribution in [1.82, 2.24) is 16.0 Å². The molecule has 1 aromatic carbocycles. The van der Waals surface area contributed by atoms with Crippen LogP contribution in [0.2, 0.25) is 0 Å². The van der Waals surface area contributed by atoms with E-state index in [9.17, 15) is 14.7 Å². The Labute approximate surface area is 166 Å². The van der Waals surface area contributed by atoms with Gasteiger partial charge in [0.2, 0.25) is 5.91 Å². The van der Waals surface area contributed by atoms with E-state index in [1.165, 1.54) is 11.1 Å². The number of aliphatic hydroxyl groups excluding tert-OH is 1. The average molecular weight is 389 g/mol. The maximum atomic E-state index is 12.5. The van der Waals surface area contributed by atoms with Gasteiger partial charge in [-0.15, -0.1) is 0 Å². The number of urea groups is 1. The summed E-state index contributed by atoms with van der Waals surface area (Å²) in [4.78, 5) is 24.4. The first kappa shape index (κ1) is 20.6. The molecular weight excluding hydrogens is 358 g/mol. The molecule has 4 N–H and O–H groups in total. The fourth-order valence-corrected chi connectivity index (χ4v) is 4.07. The SMILES string of the molecule is CC(C)NC(=O)N[C@@H]1CC[C@@H](CC(=O)NC2Cc3ccccc3C2)O[C@@H]1CO.